The zero-order valence-electron chi connectivity index (χ0n) is 16.6. The van der Waals surface area contributed by atoms with E-state index in [0.717, 1.165) is 11.8 Å². The maximum atomic E-state index is 13.5. The van der Waals surface area contributed by atoms with E-state index >= 15 is 0 Å². The summed E-state index contributed by atoms with van der Waals surface area (Å²) in [4.78, 5) is 28.4. The number of amides is 2. The first kappa shape index (κ1) is 18.0. The summed E-state index contributed by atoms with van der Waals surface area (Å²) in [6, 6.07) is 4.95. The molecule has 0 spiro atoms. The molecule has 1 aromatic carbocycles. The Morgan fingerprint density at radius 1 is 0.700 bits per heavy atom. The van der Waals surface area contributed by atoms with Crippen LogP contribution in [0.5, 0.6) is 0 Å². The number of benzene rings is 1. The summed E-state index contributed by atoms with van der Waals surface area (Å²) < 4.78 is 0. The standard InChI is InChI=1S/C25H23Cl2NO2/c26-15-8-16(27)10-17(9-15)28-24(29)22-18-1-2-19(23(22)25(28)30)21(18)20-13-4-11-3-12(6-13)7-14(20)5-11/h1-2,8-14,18-19,22-23H,3-7H2/t11?,12?,13?,14?,18-,19-,22-,23+/m1/s1. The lowest BCUT2D eigenvalue weighted by Crippen LogP contribution is -2.41. The highest BCUT2D eigenvalue weighted by Gasteiger charge is 2.63. The monoisotopic (exact) mass is 439 g/mol. The molecule has 7 aliphatic rings. The van der Waals surface area contributed by atoms with Crippen LogP contribution in [0.25, 0.3) is 0 Å². The van der Waals surface area contributed by atoms with Crippen LogP contribution in [0, 0.1) is 47.3 Å². The number of allylic oxidation sites excluding steroid dienone is 4. The minimum absolute atomic E-state index is 0.0814. The van der Waals surface area contributed by atoms with Crippen molar-refractivity contribution in [1.82, 2.24) is 0 Å². The SMILES string of the molecule is O=C1[C@@H]2[C@H](C(=O)N1c1cc(Cl)cc(Cl)c1)[C@@H]1C=C[C@@H]2C1=C1C2CC3CC(C2)CC1C3. The molecular weight excluding hydrogens is 417 g/mol. The molecule has 8 rings (SSSR count). The molecule has 1 aliphatic heterocycles. The Balaban J connectivity index is 1.29. The van der Waals surface area contributed by atoms with Gasteiger partial charge < -0.3 is 0 Å². The maximum absolute atomic E-state index is 13.5. The third-order valence-electron chi connectivity index (χ3n) is 8.87. The van der Waals surface area contributed by atoms with Gasteiger partial charge in [0.15, 0.2) is 0 Å². The number of hydrogen-bond donors (Lipinski definition) is 0. The summed E-state index contributed by atoms with van der Waals surface area (Å²) >= 11 is 12.3. The van der Waals surface area contributed by atoms with Gasteiger partial charge in [-0.3, -0.25) is 9.59 Å². The fourth-order valence-corrected chi connectivity index (χ4v) is 8.75. The fraction of sp³-hybridized carbons (Fsp3) is 0.520. The first-order valence-corrected chi connectivity index (χ1v) is 12.0. The molecule has 1 aromatic rings. The van der Waals surface area contributed by atoms with E-state index in [9.17, 15) is 9.59 Å². The van der Waals surface area contributed by atoms with E-state index in [1.165, 1.54) is 42.6 Å². The highest BCUT2D eigenvalue weighted by atomic mass is 35.5. The third kappa shape index (κ3) is 2.23. The van der Waals surface area contributed by atoms with Crippen molar-refractivity contribution in [3.63, 3.8) is 0 Å². The largest absolute Gasteiger partial charge is 0.274 e. The number of halogens is 2. The van der Waals surface area contributed by atoms with E-state index in [1.54, 1.807) is 23.8 Å². The van der Waals surface area contributed by atoms with Crippen molar-refractivity contribution < 1.29 is 9.59 Å². The van der Waals surface area contributed by atoms with Crippen molar-refractivity contribution in [1.29, 1.82) is 0 Å². The molecular formula is C25H23Cl2NO2. The number of carbonyl (C=O) groups excluding carboxylic acids is 2. The first-order chi connectivity index (χ1) is 14.5. The van der Waals surface area contributed by atoms with Gasteiger partial charge >= 0.3 is 0 Å². The average Bonchev–Trinajstić information content (AvgIpc) is 3.30. The molecule has 6 bridgehead atoms. The number of nitrogens with zero attached hydrogens (tertiary/aromatic N) is 1. The fourth-order valence-electron chi connectivity index (χ4n) is 8.23. The van der Waals surface area contributed by atoms with Gasteiger partial charge in [-0.25, -0.2) is 4.90 Å². The smallest absolute Gasteiger partial charge is 0.238 e. The molecule has 3 nitrogen and oxygen atoms in total. The zero-order valence-corrected chi connectivity index (χ0v) is 18.1. The van der Waals surface area contributed by atoms with Crippen LogP contribution in [0.4, 0.5) is 5.69 Å². The van der Waals surface area contributed by atoms with Crippen LogP contribution in [0.3, 0.4) is 0 Å². The number of hydrogen-bond acceptors (Lipinski definition) is 2. The van der Waals surface area contributed by atoms with Gasteiger partial charge in [-0.2, -0.15) is 0 Å². The molecule has 154 valence electrons. The van der Waals surface area contributed by atoms with Crippen LogP contribution >= 0.6 is 23.2 Å². The average molecular weight is 440 g/mol. The second kappa shape index (κ2) is 6.01. The summed E-state index contributed by atoms with van der Waals surface area (Å²) in [6.45, 7) is 0. The normalized spacial score (nSPS) is 42.8. The Hall–Kier alpha value is -1.58. The Kier molecular flexibility index (Phi) is 3.61. The Labute approximate surface area is 186 Å². The van der Waals surface area contributed by atoms with Gasteiger partial charge in [-0.15, -0.1) is 0 Å². The van der Waals surface area contributed by atoms with Gasteiger partial charge in [-0.1, -0.05) is 46.5 Å². The highest BCUT2D eigenvalue weighted by Crippen LogP contribution is 2.64. The molecule has 1 saturated heterocycles. The second-order valence-electron chi connectivity index (χ2n) is 10.3. The molecule has 0 aromatic heterocycles. The van der Waals surface area contributed by atoms with E-state index in [4.69, 9.17) is 23.2 Å². The quantitative estimate of drug-likeness (QED) is 0.417. The number of imide groups is 1. The first-order valence-electron chi connectivity index (χ1n) is 11.3. The molecule has 0 N–H and O–H groups in total. The lowest BCUT2D eigenvalue weighted by Gasteiger charge is -2.52. The van der Waals surface area contributed by atoms with Crippen LogP contribution in [0.1, 0.15) is 32.1 Å². The lowest BCUT2D eigenvalue weighted by molar-refractivity contribution is -0.122. The van der Waals surface area contributed by atoms with Crippen molar-refractivity contribution in [2.24, 2.45) is 47.3 Å². The molecule has 5 saturated carbocycles. The van der Waals surface area contributed by atoms with Crippen LogP contribution in [-0.2, 0) is 9.59 Å². The summed E-state index contributed by atoms with van der Waals surface area (Å²) in [5.41, 5.74) is 3.62. The van der Waals surface area contributed by atoms with Crippen molar-refractivity contribution >= 4 is 40.7 Å². The maximum Gasteiger partial charge on any atom is 0.238 e. The molecule has 6 aliphatic carbocycles. The molecule has 30 heavy (non-hydrogen) atoms. The molecule has 2 amide bonds. The van der Waals surface area contributed by atoms with E-state index in [0.29, 0.717) is 27.6 Å². The summed E-state index contributed by atoms with van der Waals surface area (Å²) in [6.07, 6.45) is 11.2. The Morgan fingerprint density at radius 2 is 1.20 bits per heavy atom. The van der Waals surface area contributed by atoms with Gasteiger partial charge in [0, 0.05) is 21.9 Å². The Morgan fingerprint density at radius 3 is 1.70 bits per heavy atom. The second-order valence-corrected chi connectivity index (χ2v) is 11.2. The van der Waals surface area contributed by atoms with E-state index < -0.39 is 0 Å². The number of carbonyl (C=O) groups is 2. The predicted molar refractivity (Wildman–Crippen MR) is 116 cm³/mol. The van der Waals surface area contributed by atoms with Gasteiger partial charge in [0.1, 0.15) is 0 Å². The Bertz CT molecular complexity index is 989. The molecule has 4 atom stereocenters. The predicted octanol–water partition coefficient (Wildman–Crippen LogP) is 5.67. The summed E-state index contributed by atoms with van der Waals surface area (Å²) in [5.74, 6) is 2.75. The lowest BCUT2D eigenvalue weighted by atomic mass is 9.53. The van der Waals surface area contributed by atoms with Crippen LogP contribution in [-0.4, -0.2) is 11.8 Å². The number of anilines is 1. The topological polar surface area (TPSA) is 37.4 Å². The highest BCUT2D eigenvalue weighted by molar-refractivity contribution is 6.35. The van der Waals surface area contributed by atoms with Crippen molar-refractivity contribution in [3.05, 3.63) is 51.5 Å². The summed E-state index contributed by atoms with van der Waals surface area (Å²) in [7, 11) is 0. The van der Waals surface area contributed by atoms with Crippen LogP contribution in [0.2, 0.25) is 10.0 Å². The van der Waals surface area contributed by atoms with Crippen molar-refractivity contribution in [2.45, 2.75) is 32.1 Å². The van der Waals surface area contributed by atoms with Gasteiger partial charge in [0.25, 0.3) is 0 Å². The summed E-state index contributed by atoms with van der Waals surface area (Å²) in [5, 5.41) is 0.875. The molecule has 5 heteroatoms. The van der Waals surface area contributed by atoms with E-state index in [1.807, 2.05) is 0 Å². The van der Waals surface area contributed by atoms with E-state index in [2.05, 4.69) is 12.2 Å². The van der Waals surface area contributed by atoms with Crippen molar-refractivity contribution in [3.8, 4) is 0 Å². The molecule has 0 unspecified atom stereocenters. The van der Waals surface area contributed by atoms with E-state index in [-0.39, 0.29) is 35.5 Å². The molecule has 1 heterocycles. The van der Waals surface area contributed by atoms with Crippen LogP contribution in [0.15, 0.2) is 41.5 Å². The zero-order chi connectivity index (χ0) is 20.3. The number of fused-ring (bicyclic) bond motifs is 5. The third-order valence-corrected chi connectivity index (χ3v) is 9.31. The van der Waals surface area contributed by atoms with Gasteiger partial charge in [-0.05, 0) is 74.0 Å². The molecule has 6 fully saturated rings. The minimum atomic E-state index is -0.259. The van der Waals surface area contributed by atoms with Gasteiger partial charge in [0.2, 0.25) is 11.8 Å². The molecule has 0 radical (unpaired) electrons. The van der Waals surface area contributed by atoms with Crippen LogP contribution < -0.4 is 4.90 Å². The van der Waals surface area contributed by atoms with Gasteiger partial charge in [0.05, 0.1) is 17.5 Å². The number of rotatable bonds is 1. The minimum Gasteiger partial charge on any atom is -0.274 e. The van der Waals surface area contributed by atoms with Crippen molar-refractivity contribution in [2.75, 3.05) is 4.90 Å².